The summed E-state index contributed by atoms with van der Waals surface area (Å²) in [6.45, 7) is 14.3. The summed E-state index contributed by atoms with van der Waals surface area (Å²) in [4.78, 5) is 0. The van der Waals surface area contributed by atoms with Crippen LogP contribution in [0.5, 0.6) is 0 Å². The number of halogens is 1. The van der Waals surface area contributed by atoms with Crippen LogP contribution in [0, 0.1) is 11.5 Å². The molecule has 1 aliphatic rings. The van der Waals surface area contributed by atoms with Crippen LogP contribution < -0.4 is 0 Å². The zero-order valence-electron chi connectivity index (χ0n) is 16.9. The summed E-state index contributed by atoms with van der Waals surface area (Å²) in [6, 6.07) is 2.29. The van der Waals surface area contributed by atoms with Crippen LogP contribution >= 0.6 is 15.9 Å². The van der Waals surface area contributed by atoms with E-state index in [1.807, 2.05) is 6.20 Å². The summed E-state index contributed by atoms with van der Waals surface area (Å²) in [5.41, 5.74) is 9.97. The Morgan fingerprint density at radius 3 is 2.42 bits per heavy atom. The van der Waals surface area contributed by atoms with E-state index in [1.54, 1.807) is 0 Å². The molecule has 3 rings (SSSR count). The van der Waals surface area contributed by atoms with Crippen molar-refractivity contribution < 1.29 is 0 Å². The maximum Gasteiger partial charge on any atom is 0.145 e. The highest BCUT2D eigenvalue weighted by atomic mass is 79.9. The van der Waals surface area contributed by atoms with E-state index in [0.29, 0.717) is 22.5 Å². The zero-order valence-corrected chi connectivity index (χ0v) is 19.5. The Kier molecular flexibility index (Phi) is 5.70. The summed E-state index contributed by atoms with van der Waals surface area (Å²) >= 11 is 3.88. The Bertz CT molecular complexity index is 832. The molecule has 1 aromatic heterocycles. The number of aryl methyl sites for hydroxylation is 1. The van der Waals surface area contributed by atoms with Crippen molar-refractivity contribution in [3.63, 3.8) is 0 Å². The van der Waals surface area contributed by atoms with Gasteiger partial charge in [0.25, 0.3) is 0 Å². The molecule has 26 heavy (non-hydrogen) atoms. The van der Waals surface area contributed by atoms with E-state index < -0.39 is 8.07 Å². The van der Waals surface area contributed by atoms with E-state index in [-0.39, 0.29) is 0 Å². The predicted octanol–water partition coefficient (Wildman–Crippen LogP) is 6.97. The second-order valence-electron chi connectivity index (χ2n) is 8.71. The minimum absolute atomic E-state index is 0.343. The Balaban J connectivity index is 2.10. The van der Waals surface area contributed by atoms with Crippen molar-refractivity contribution in [1.82, 2.24) is 10.2 Å². The molecule has 0 aliphatic heterocycles. The molecule has 0 saturated heterocycles. The van der Waals surface area contributed by atoms with E-state index in [1.165, 1.54) is 33.8 Å². The molecule has 0 spiro atoms. The molecule has 1 aliphatic carbocycles. The largest absolute Gasteiger partial charge is 0.278 e. The third kappa shape index (κ3) is 3.18. The molecule has 0 bridgehead atoms. The van der Waals surface area contributed by atoms with E-state index in [4.69, 9.17) is 0 Å². The lowest BCUT2D eigenvalue weighted by Crippen LogP contribution is -2.43. The Labute approximate surface area is 167 Å². The minimum Gasteiger partial charge on any atom is -0.278 e. The van der Waals surface area contributed by atoms with Gasteiger partial charge in [0.2, 0.25) is 0 Å². The monoisotopic (exact) mass is 430 g/mol. The fourth-order valence-electron chi connectivity index (χ4n) is 5.13. The Morgan fingerprint density at radius 2 is 1.81 bits per heavy atom. The van der Waals surface area contributed by atoms with Crippen molar-refractivity contribution in [2.75, 3.05) is 0 Å². The molecular weight excluding hydrogens is 400 g/mol. The Morgan fingerprint density at radius 1 is 1.15 bits per heavy atom. The van der Waals surface area contributed by atoms with E-state index in [0.717, 1.165) is 11.9 Å². The fourth-order valence-corrected chi connectivity index (χ4v) is 11.3. The van der Waals surface area contributed by atoms with Crippen molar-refractivity contribution in [2.24, 2.45) is 0 Å². The first-order chi connectivity index (χ1) is 12.3. The first kappa shape index (κ1) is 19.7. The van der Waals surface area contributed by atoms with Gasteiger partial charge in [0.1, 0.15) is 8.07 Å². The lowest BCUT2D eigenvalue weighted by atomic mass is 9.82. The smallest absolute Gasteiger partial charge is 0.145 e. The summed E-state index contributed by atoms with van der Waals surface area (Å²) in [5, 5.41) is 8.52. The molecule has 1 heterocycles. The van der Waals surface area contributed by atoms with Crippen molar-refractivity contribution in [2.45, 2.75) is 83.3 Å². The highest BCUT2D eigenvalue weighted by Gasteiger charge is 2.42. The number of H-pyrrole nitrogens is 1. The zero-order chi connectivity index (χ0) is 19.1. The van der Waals surface area contributed by atoms with Gasteiger partial charge in [-0.05, 0) is 69.0 Å². The molecule has 1 aromatic carbocycles. The average Bonchev–Trinajstić information content (AvgIpc) is 3.03. The van der Waals surface area contributed by atoms with Crippen molar-refractivity contribution in [3.8, 4) is 11.5 Å². The molecule has 2 nitrogen and oxygen atoms in total. The van der Waals surface area contributed by atoms with Gasteiger partial charge in [-0.1, -0.05) is 41.5 Å². The number of fused-ring (bicyclic) bond motifs is 2. The first-order valence-corrected chi connectivity index (χ1v) is 13.0. The SMILES string of the molecule is CC(C)[Si](C#C[C@@H]1CCCc2cc3[nH]ncc3c(Br)c21)(C(C)C)C(C)C. The second-order valence-corrected chi connectivity index (χ2v) is 15.1. The lowest BCUT2D eigenvalue weighted by molar-refractivity contribution is 0.640. The molecule has 4 heteroatoms. The third-order valence-electron chi connectivity index (χ3n) is 6.42. The number of hydrogen-bond acceptors (Lipinski definition) is 1. The first-order valence-electron chi connectivity index (χ1n) is 9.96. The molecule has 0 fully saturated rings. The molecule has 0 radical (unpaired) electrons. The van der Waals surface area contributed by atoms with Crippen molar-refractivity contribution >= 4 is 34.9 Å². The van der Waals surface area contributed by atoms with Gasteiger partial charge in [-0.2, -0.15) is 5.10 Å². The fraction of sp³-hybridized carbons (Fsp3) is 0.591. The van der Waals surface area contributed by atoms with Crippen molar-refractivity contribution in [3.05, 3.63) is 27.9 Å². The number of nitrogens with zero attached hydrogens (tertiary/aromatic N) is 1. The lowest BCUT2D eigenvalue weighted by Gasteiger charge is -2.38. The van der Waals surface area contributed by atoms with Gasteiger partial charge in [-0.3, -0.25) is 5.10 Å². The van der Waals surface area contributed by atoms with Crippen LogP contribution in [0.4, 0.5) is 0 Å². The van der Waals surface area contributed by atoms with Crippen molar-refractivity contribution in [1.29, 1.82) is 0 Å². The second kappa shape index (κ2) is 7.52. The molecule has 0 unspecified atom stereocenters. The van der Waals surface area contributed by atoms with E-state index >= 15 is 0 Å². The predicted molar refractivity (Wildman–Crippen MR) is 118 cm³/mol. The van der Waals surface area contributed by atoms with Gasteiger partial charge in [-0.25, -0.2) is 0 Å². The van der Waals surface area contributed by atoms with Gasteiger partial charge in [0, 0.05) is 15.8 Å². The summed E-state index contributed by atoms with van der Waals surface area (Å²) in [5.74, 6) is 4.15. The quantitative estimate of drug-likeness (QED) is 0.413. The van der Waals surface area contributed by atoms with Gasteiger partial charge >= 0.3 is 0 Å². The van der Waals surface area contributed by atoms with Gasteiger partial charge < -0.3 is 0 Å². The molecule has 0 amide bonds. The van der Waals surface area contributed by atoms with Crippen LogP contribution in [-0.2, 0) is 6.42 Å². The topological polar surface area (TPSA) is 28.7 Å². The summed E-state index contributed by atoms with van der Waals surface area (Å²) < 4.78 is 1.20. The number of rotatable bonds is 3. The Hall–Kier alpha value is -1.05. The molecular formula is C22H31BrN2Si. The van der Waals surface area contributed by atoms with Crippen LogP contribution in [-0.4, -0.2) is 18.3 Å². The molecule has 1 atom stereocenters. The summed E-state index contributed by atoms with van der Waals surface area (Å²) in [6.07, 6.45) is 5.45. The van der Waals surface area contributed by atoms with Gasteiger partial charge in [0.15, 0.2) is 0 Å². The average molecular weight is 431 g/mol. The number of hydrogen-bond donors (Lipinski definition) is 1. The van der Waals surface area contributed by atoms with Crippen LogP contribution in [0.25, 0.3) is 10.9 Å². The standard InChI is InChI=1S/C22H31BrN2Si/c1-14(2)26(15(3)4,16(5)6)11-10-17-8-7-9-18-12-20-19(13-24-25-20)22(23)21(17)18/h12-17H,7-9H2,1-6H3,(H,24,25)/t17-/m0/s1. The highest BCUT2D eigenvalue weighted by molar-refractivity contribution is 9.10. The molecule has 0 saturated carbocycles. The molecule has 2 aromatic rings. The normalized spacial score (nSPS) is 17.7. The van der Waals surface area contributed by atoms with Crippen LogP contribution in [0.15, 0.2) is 16.7 Å². The number of aromatic amines is 1. The molecule has 1 N–H and O–H groups in total. The van der Waals surface area contributed by atoms with Crippen LogP contribution in [0.2, 0.25) is 16.6 Å². The van der Waals surface area contributed by atoms with E-state index in [9.17, 15) is 0 Å². The van der Waals surface area contributed by atoms with Crippen LogP contribution in [0.1, 0.15) is 71.4 Å². The third-order valence-corrected chi connectivity index (χ3v) is 13.6. The summed E-state index contributed by atoms with van der Waals surface area (Å²) in [7, 11) is -1.69. The minimum atomic E-state index is -1.69. The maximum absolute atomic E-state index is 4.23. The van der Waals surface area contributed by atoms with Crippen LogP contribution in [0.3, 0.4) is 0 Å². The maximum atomic E-state index is 4.23. The number of benzene rings is 1. The van der Waals surface area contributed by atoms with Gasteiger partial charge in [-0.15, -0.1) is 11.5 Å². The molecule has 140 valence electrons. The van der Waals surface area contributed by atoms with Gasteiger partial charge in [0.05, 0.1) is 11.7 Å². The van der Waals surface area contributed by atoms with E-state index in [2.05, 4.69) is 85.2 Å². The number of nitrogens with one attached hydrogen (secondary N) is 1. The number of aromatic nitrogens is 2. The highest BCUT2D eigenvalue weighted by Crippen LogP contribution is 2.43.